The number of pyridine rings is 1. The van der Waals surface area contributed by atoms with E-state index < -0.39 is 0 Å². The zero-order valence-electron chi connectivity index (χ0n) is 8.61. The van der Waals surface area contributed by atoms with E-state index in [1.165, 1.54) is 0 Å². The van der Waals surface area contributed by atoms with Gasteiger partial charge in [0.05, 0.1) is 12.2 Å². The number of aryl methyl sites for hydroxylation is 1. The van der Waals surface area contributed by atoms with Crippen LogP contribution in [-0.2, 0) is 11.3 Å². The van der Waals surface area contributed by atoms with Crippen molar-refractivity contribution in [3.8, 4) is 0 Å². The monoisotopic (exact) mass is 268 g/mol. The van der Waals surface area contributed by atoms with Crippen molar-refractivity contribution in [1.82, 2.24) is 9.88 Å². The highest BCUT2D eigenvalue weighted by molar-refractivity contribution is 9.09. The molecule has 15 heavy (non-hydrogen) atoms. The molecule has 1 unspecified atom stereocenters. The summed E-state index contributed by atoms with van der Waals surface area (Å²) in [5, 5.41) is 0. The van der Waals surface area contributed by atoms with Crippen LogP contribution in [0.2, 0.25) is 0 Å². The quantitative estimate of drug-likeness (QED) is 0.768. The van der Waals surface area contributed by atoms with Gasteiger partial charge in [0.2, 0.25) is 5.91 Å². The second-order valence-corrected chi connectivity index (χ2v) is 5.20. The maximum Gasteiger partial charge on any atom is 0.224 e. The smallest absolute Gasteiger partial charge is 0.224 e. The van der Waals surface area contributed by atoms with E-state index in [-0.39, 0.29) is 5.91 Å². The van der Waals surface area contributed by atoms with Crippen molar-refractivity contribution in [2.75, 3.05) is 6.54 Å². The van der Waals surface area contributed by atoms with E-state index in [1.807, 2.05) is 30.2 Å². The third-order valence-electron chi connectivity index (χ3n) is 2.49. The van der Waals surface area contributed by atoms with Gasteiger partial charge in [0.15, 0.2) is 0 Å². The summed E-state index contributed by atoms with van der Waals surface area (Å²) in [5.41, 5.74) is 2.10. The Kier molecular flexibility index (Phi) is 3.05. The summed E-state index contributed by atoms with van der Waals surface area (Å²) in [6.07, 6.45) is 2.44. The number of aromatic nitrogens is 1. The van der Waals surface area contributed by atoms with Crippen LogP contribution in [0.1, 0.15) is 17.7 Å². The fourth-order valence-electron chi connectivity index (χ4n) is 1.66. The lowest BCUT2D eigenvalue weighted by molar-refractivity contribution is -0.128. The summed E-state index contributed by atoms with van der Waals surface area (Å²) in [7, 11) is 0. The van der Waals surface area contributed by atoms with E-state index in [2.05, 4.69) is 20.9 Å². The summed E-state index contributed by atoms with van der Waals surface area (Å²) in [4.78, 5) is 18.0. The molecule has 1 aliphatic heterocycles. The fourth-order valence-corrected chi connectivity index (χ4v) is 2.29. The summed E-state index contributed by atoms with van der Waals surface area (Å²) >= 11 is 3.46. The second-order valence-electron chi connectivity index (χ2n) is 3.90. The van der Waals surface area contributed by atoms with Crippen molar-refractivity contribution in [3.63, 3.8) is 0 Å². The minimum Gasteiger partial charge on any atom is -0.336 e. The highest BCUT2D eigenvalue weighted by atomic mass is 79.9. The van der Waals surface area contributed by atoms with Crippen LogP contribution in [0, 0.1) is 6.92 Å². The lowest BCUT2D eigenvalue weighted by Crippen LogP contribution is -2.25. The van der Waals surface area contributed by atoms with E-state index in [0.29, 0.717) is 17.8 Å². The standard InChI is InChI=1S/C11H13BrN2O/c1-8-2-3-10(13-5-8)7-14-6-9(12)4-11(14)15/h2-3,5,9H,4,6-7H2,1H3. The zero-order chi connectivity index (χ0) is 10.8. The van der Waals surface area contributed by atoms with Gasteiger partial charge in [-0.3, -0.25) is 9.78 Å². The van der Waals surface area contributed by atoms with E-state index >= 15 is 0 Å². The van der Waals surface area contributed by atoms with E-state index in [9.17, 15) is 4.79 Å². The molecule has 1 saturated heterocycles. The maximum absolute atomic E-state index is 11.5. The number of alkyl halides is 1. The number of amides is 1. The van der Waals surface area contributed by atoms with Gasteiger partial charge in [-0.15, -0.1) is 0 Å². The Morgan fingerprint density at radius 2 is 2.40 bits per heavy atom. The van der Waals surface area contributed by atoms with Gasteiger partial charge in [-0.25, -0.2) is 0 Å². The molecule has 0 spiro atoms. The second kappa shape index (κ2) is 4.31. The highest BCUT2D eigenvalue weighted by Gasteiger charge is 2.27. The molecule has 1 aromatic rings. The topological polar surface area (TPSA) is 33.2 Å². The van der Waals surface area contributed by atoms with Gasteiger partial charge in [-0.2, -0.15) is 0 Å². The number of rotatable bonds is 2. The van der Waals surface area contributed by atoms with Crippen molar-refractivity contribution in [2.24, 2.45) is 0 Å². The van der Waals surface area contributed by atoms with Crippen molar-refractivity contribution < 1.29 is 4.79 Å². The lowest BCUT2D eigenvalue weighted by Gasteiger charge is -2.14. The molecule has 0 N–H and O–H groups in total. The first-order valence-corrected chi connectivity index (χ1v) is 5.90. The van der Waals surface area contributed by atoms with Crippen LogP contribution in [-0.4, -0.2) is 27.2 Å². The molecule has 1 amide bonds. The average molecular weight is 269 g/mol. The number of hydrogen-bond donors (Lipinski definition) is 0. The van der Waals surface area contributed by atoms with Crippen molar-refractivity contribution in [3.05, 3.63) is 29.6 Å². The lowest BCUT2D eigenvalue weighted by atomic mass is 10.2. The van der Waals surface area contributed by atoms with Crippen molar-refractivity contribution in [2.45, 2.75) is 24.7 Å². The molecule has 3 nitrogen and oxygen atoms in total. The van der Waals surface area contributed by atoms with Crippen LogP contribution in [0.25, 0.3) is 0 Å². The molecule has 0 aliphatic carbocycles. The van der Waals surface area contributed by atoms with Gasteiger partial charge in [-0.05, 0) is 18.6 Å². The molecule has 1 aliphatic rings. The summed E-state index contributed by atoms with van der Waals surface area (Å²) in [5.74, 6) is 0.208. The van der Waals surface area contributed by atoms with Crippen molar-refractivity contribution in [1.29, 1.82) is 0 Å². The molecule has 1 atom stereocenters. The molecule has 2 heterocycles. The van der Waals surface area contributed by atoms with E-state index in [0.717, 1.165) is 17.8 Å². The van der Waals surface area contributed by atoms with Gasteiger partial charge in [0.25, 0.3) is 0 Å². The van der Waals surface area contributed by atoms with Gasteiger partial charge >= 0.3 is 0 Å². The molecule has 4 heteroatoms. The predicted octanol–water partition coefficient (Wildman–Crippen LogP) is 1.89. The Hall–Kier alpha value is -0.900. The Bertz CT molecular complexity index is 363. The minimum atomic E-state index is 0.208. The van der Waals surface area contributed by atoms with Crippen molar-refractivity contribution >= 4 is 21.8 Å². The number of hydrogen-bond acceptors (Lipinski definition) is 2. The predicted molar refractivity (Wildman–Crippen MR) is 61.7 cm³/mol. The first-order chi connectivity index (χ1) is 7.15. The minimum absolute atomic E-state index is 0.208. The Labute approximate surface area is 97.6 Å². The van der Waals surface area contributed by atoms with Crippen LogP contribution in [0.4, 0.5) is 0 Å². The number of nitrogens with zero attached hydrogens (tertiary/aromatic N) is 2. The Balaban J connectivity index is 2.03. The molecule has 0 saturated carbocycles. The fraction of sp³-hybridized carbons (Fsp3) is 0.455. The molecule has 1 fully saturated rings. The molecule has 1 aromatic heterocycles. The van der Waals surface area contributed by atoms with Crippen LogP contribution >= 0.6 is 15.9 Å². The zero-order valence-corrected chi connectivity index (χ0v) is 10.2. The summed E-state index contributed by atoms with van der Waals surface area (Å²) in [6, 6.07) is 4.00. The van der Waals surface area contributed by atoms with E-state index in [1.54, 1.807) is 0 Å². The normalized spacial score (nSPS) is 21.1. The number of carbonyl (C=O) groups is 1. The van der Waals surface area contributed by atoms with E-state index in [4.69, 9.17) is 0 Å². The summed E-state index contributed by atoms with van der Waals surface area (Å²) in [6.45, 7) is 3.42. The van der Waals surface area contributed by atoms with Gasteiger partial charge in [-0.1, -0.05) is 22.0 Å². The van der Waals surface area contributed by atoms with Gasteiger partial charge < -0.3 is 4.90 Å². The van der Waals surface area contributed by atoms with Gasteiger partial charge in [0.1, 0.15) is 0 Å². The molecular weight excluding hydrogens is 256 g/mol. The Morgan fingerprint density at radius 3 is 2.93 bits per heavy atom. The maximum atomic E-state index is 11.5. The van der Waals surface area contributed by atoms with Crippen LogP contribution in [0.5, 0.6) is 0 Å². The first kappa shape index (κ1) is 10.6. The SMILES string of the molecule is Cc1ccc(CN2CC(Br)CC2=O)nc1. The number of likely N-dealkylation sites (tertiary alicyclic amines) is 1. The largest absolute Gasteiger partial charge is 0.336 e. The summed E-state index contributed by atoms with van der Waals surface area (Å²) < 4.78 is 0. The molecule has 0 aromatic carbocycles. The van der Waals surface area contributed by atoms with Crippen LogP contribution in [0.15, 0.2) is 18.3 Å². The molecule has 80 valence electrons. The van der Waals surface area contributed by atoms with Gasteiger partial charge in [0, 0.05) is 24.0 Å². The average Bonchev–Trinajstić information content (AvgIpc) is 2.49. The van der Waals surface area contributed by atoms with Crippen LogP contribution in [0.3, 0.4) is 0 Å². The first-order valence-electron chi connectivity index (χ1n) is 4.98. The third kappa shape index (κ3) is 2.56. The molecule has 2 rings (SSSR count). The van der Waals surface area contributed by atoms with Crippen LogP contribution < -0.4 is 0 Å². The molecular formula is C11H13BrN2O. The molecule has 0 bridgehead atoms. The number of carbonyl (C=O) groups excluding carboxylic acids is 1. The highest BCUT2D eigenvalue weighted by Crippen LogP contribution is 2.19. The Morgan fingerprint density at radius 1 is 1.60 bits per heavy atom. The number of halogens is 1. The third-order valence-corrected chi connectivity index (χ3v) is 3.11. The molecule has 0 radical (unpaired) electrons.